The highest BCUT2D eigenvalue weighted by atomic mass is 16.6. The molecule has 0 aromatic carbocycles. The van der Waals surface area contributed by atoms with E-state index in [-0.39, 0.29) is 10.6 Å². The Balaban J connectivity index is 2.28. The second-order valence-corrected chi connectivity index (χ2v) is 3.42. The lowest BCUT2D eigenvalue weighted by molar-refractivity contribution is -0.385. The summed E-state index contributed by atoms with van der Waals surface area (Å²) in [6, 6.07) is 0.396. The molecule has 1 aromatic rings. The topological polar surface area (TPSA) is 61.0 Å². The second-order valence-electron chi connectivity index (χ2n) is 3.42. The average molecular weight is 181 g/mol. The molecular weight excluding hydrogens is 170 g/mol. The van der Waals surface area contributed by atoms with Crippen LogP contribution in [0.25, 0.3) is 0 Å². The van der Waals surface area contributed by atoms with Gasteiger partial charge in [0.05, 0.1) is 11.0 Å². The Morgan fingerprint density at radius 3 is 2.77 bits per heavy atom. The monoisotopic (exact) mass is 181 g/mol. The van der Waals surface area contributed by atoms with Crippen LogP contribution in [0.4, 0.5) is 5.69 Å². The predicted molar refractivity (Wildman–Crippen MR) is 46.5 cm³/mol. The molecule has 0 bridgehead atoms. The highest BCUT2D eigenvalue weighted by Crippen LogP contribution is 2.32. The Labute approximate surface area is 75.5 Å². The van der Waals surface area contributed by atoms with Gasteiger partial charge >= 0.3 is 5.69 Å². The van der Waals surface area contributed by atoms with E-state index >= 15 is 0 Å². The van der Waals surface area contributed by atoms with Gasteiger partial charge in [-0.15, -0.1) is 0 Å². The van der Waals surface area contributed by atoms with E-state index in [0.717, 1.165) is 12.8 Å². The maximum atomic E-state index is 10.5. The van der Waals surface area contributed by atoms with Crippen LogP contribution in [-0.4, -0.2) is 14.7 Å². The lowest BCUT2D eigenvalue weighted by atomic mass is 9.93. The van der Waals surface area contributed by atoms with Crippen LogP contribution in [0.1, 0.15) is 31.0 Å². The zero-order chi connectivity index (χ0) is 9.42. The van der Waals surface area contributed by atoms with Crippen molar-refractivity contribution in [3.8, 4) is 0 Å². The van der Waals surface area contributed by atoms with Crippen LogP contribution in [-0.2, 0) is 0 Å². The van der Waals surface area contributed by atoms with Gasteiger partial charge in [0, 0.05) is 0 Å². The first-order chi connectivity index (χ1) is 6.18. The summed E-state index contributed by atoms with van der Waals surface area (Å²) in [5, 5.41) is 14.6. The fourth-order valence-corrected chi connectivity index (χ4v) is 1.49. The molecule has 0 spiro atoms. The van der Waals surface area contributed by atoms with E-state index in [4.69, 9.17) is 0 Å². The summed E-state index contributed by atoms with van der Waals surface area (Å²) in [6.45, 7) is 1.67. The Morgan fingerprint density at radius 2 is 2.38 bits per heavy atom. The largest absolute Gasteiger partial charge is 0.309 e. The molecule has 0 saturated heterocycles. The maximum absolute atomic E-state index is 10.5. The summed E-state index contributed by atoms with van der Waals surface area (Å²) in [7, 11) is 0. The van der Waals surface area contributed by atoms with Crippen LogP contribution in [0, 0.1) is 17.0 Å². The summed E-state index contributed by atoms with van der Waals surface area (Å²) >= 11 is 0. The molecule has 0 amide bonds. The van der Waals surface area contributed by atoms with Gasteiger partial charge in [-0.25, -0.2) is 0 Å². The number of rotatable bonds is 2. The minimum Gasteiger partial charge on any atom is -0.262 e. The molecule has 1 heterocycles. The van der Waals surface area contributed by atoms with Gasteiger partial charge in [0.1, 0.15) is 11.9 Å². The van der Waals surface area contributed by atoms with E-state index in [9.17, 15) is 10.1 Å². The van der Waals surface area contributed by atoms with Crippen molar-refractivity contribution in [3.05, 3.63) is 22.0 Å². The van der Waals surface area contributed by atoms with Crippen LogP contribution in [0.2, 0.25) is 0 Å². The van der Waals surface area contributed by atoms with Gasteiger partial charge < -0.3 is 0 Å². The van der Waals surface area contributed by atoms with E-state index in [1.165, 1.54) is 6.42 Å². The molecule has 1 aliphatic rings. The van der Waals surface area contributed by atoms with E-state index in [1.807, 2.05) is 0 Å². The van der Waals surface area contributed by atoms with E-state index in [0.29, 0.717) is 11.7 Å². The summed E-state index contributed by atoms with van der Waals surface area (Å²) in [5.74, 6) is 0. The third-order valence-electron chi connectivity index (χ3n) is 2.54. The zero-order valence-electron chi connectivity index (χ0n) is 7.43. The van der Waals surface area contributed by atoms with Gasteiger partial charge in [0.2, 0.25) is 0 Å². The molecule has 13 heavy (non-hydrogen) atoms. The van der Waals surface area contributed by atoms with Crippen molar-refractivity contribution in [2.45, 2.75) is 32.2 Å². The quantitative estimate of drug-likeness (QED) is 0.516. The van der Waals surface area contributed by atoms with E-state index in [1.54, 1.807) is 17.8 Å². The molecule has 0 atom stereocenters. The fourth-order valence-electron chi connectivity index (χ4n) is 1.49. The molecular formula is C8H11N3O2. The molecule has 0 radical (unpaired) electrons. The van der Waals surface area contributed by atoms with E-state index in [2.05, 4.69) is 5.10 Å². The molecule has 5 nitrogen and oxygen atoms in total. The lowest BCUT2D eigenvalue weighted by Crippen LogP contribution is -2.17. The van der Waals surface area contributed by atoms with Crippen molar-refractivity contribution in [1.29, 1.82) is 0 Å². The highest BCUT2D eigenvalue weighted by molar-refractivity contribution is 5.31. The van der Waals surface area contributed by atoms with Gasteiger partial charge in [-0.1, -0.05) is 0 Å². The molecule has 0 aliphatic heterocycles. The average Bonchev–Trinajstić information content (AvgIpc) is 2.27. The lowest BCUT2D eigenvalue weighted by Gasteiger charge is -2.25. The standard InChI is InChI=1S/C8H11N3O2/c1-6-8(11(12)13)5-10(9-6)7-3-2-4-7/h5,7H,2-4H2,1H3. The Hall–Kier alpha value is -1.39. The van der Waals surface area contributed by atoms with Crippen LogP contribution in [0.5, 0.6) is 0 Å². The Morgan fingerprint density at radius 1 is 1.69 bits per heavy atom. The number of aromatic nitrogens is 2. The zero-order valence-corrected chi connectivity index (χ0v) is 7.43. The van der Waals surface area contributed by atoms with Gasteiger partial charge in [-0.2, -0.15) is 5.10 Å². The maximum Gasteiger partial charge on any atom is 0.309 e. The van der Waals surface area contributed by atoms with Crippen molar-refractivity contribution >= 4 is 5.69 Å². The summed E-state index contributed by atoms with van der Waals surface area (Å²) in [4.78, 5) is 10.1. The van der Waals surface area contributed by atoms with Crippen molar-refractivity contribution in [1.82, 2.24) is 9.78 Å². The third-order valence-corrected chi connectivity index (χ3v) is 2.54. The number of aryl methyl sites for hydroxylation is 1. The number of hydrogen-bond acceptors (Lipinski definition) is 3. The Bertz CT molecular complexity index is 341. The number of nitrogens with zero attached hydrogens (tertiary/aromatic N) is 3. The summed E-state index contributed by atoms with van der Waals surface area (Å²) in [5.41, 5.74) is 0.642. The molecule has 1 fully saturated rings. The van der Waals surface area contributed by atoms with Crippen molar-refractivity contribution in [3.63, 3.8) is 0 Å². The number of nitro groups is 1. The summed E-state index contributed by atoms with van der Waals surface area (Å²) in [6.07, 6.45) is 4.94. The van der Waals surface area contributed by atoms with E-state index < -0.39 is 0 Å². The molecule has 70 valence electrons. The molecule has 5 heteroatoms. The van der Waals surface area contributed by atoms with Gasteiger partial charge in [-0.05, 0) is 26.2 Å². The fraction of sp³-hybridized carbons (Fsp3) is 0.625. The minimum absolute atomic E-state index is 0.131. The molecule has 1 saturated carbocycles. The Kier molecular flexibility index (Phi) is 1.79. The molecule has 1 aromatic heterocycles. The normalized spacial score (nSPS) is 17.0. The van der Waals surface area contributed by atoms with Gasteiger partial charge in [0.25, 0.3) is 0 Å². The minimum atomic E-state index is -0.377. The second kappa shape index (κ2) is 2.83. The summed E-state index contributed by atoms with van der Waals surface area (Å²) < 4.78 is 1.73. The van der Waals surface area contributed by atoms with Gasteiger partial charge in [-0.3, -0.25) is 14.8 Å². The van der Waals surface area contributed by atoms with Gasteiger partial charge in [0.15, 0.2) is 0 Å². The SMILES string of the molecule is Cc1nn(C2CCC2)cc1[N+](=O)[O-]. The van der Waals surface area contributed by atoms with Crippen LogP contribution >= 0.6 is 0 Å². The third kappa shape index (κ3) is 1.30. The van der Waals surface area contributed by atoms with Crippen LogP contribution < -0.4 is 0 Å². The smallest absolute Gasteiger partial charge is 0.262 e. The van der Waals surface area contributed by atoms with Crippen molar-refractivity contribution in [2.75, 3.05) is 0 Å². The first-order valence-corrected chi connectivity index (χ1v) is 4.38. The molecule has 1 aliphatic carbocycles. The molecule has 0 N–H and O–H groups in total. The van der Waals surface area contributed by atoms with Crippen LogP contribution in [0.3, 0.4) is 0 Å². The van der Waals surface area contributed by atoms with Crippen LogP contribution in [0.15, 0.2) is 6.20 Å². The van der Waals surface area contributed by atoms with Crippen molar-refractivity contribution in [2.24, 2.45) is 0 Å². The molecule has 2 rings (SSSR count). The predicted octanol–water partition coefficient (Wildman–Crippen LogP) is 1.82. The molecule has 0 unspecified atom stereocenters. The first-order valence-electron chi connectivity index (χ1n) is 4.38. The number of hydrogen-bond donors (Lipinski definition) is 0. The van der Waals surface area contributed by atoms with Crippen molar-refractivity contribution < 1.29 is 4.92 Å². The first kappa shape index (κ1) is 8.22. The highest BCUT2D eigenvalue weighted by Gasteiger charge is 2.24.